The van der Waals surface area contributed by atoms with Gasteiger partial charge in [0.25, 0.3) is 0 Å². The number of pyridine rings is 1. The molecule has 74 valence electrons. The van der Waals surface area contributed by atoms with Crippen molar-refractivity contribution < 1.29 is 5.11 Å². The summed E-state index contributed by atoms with van der Waals surface area (Å²) in [5, 5.41) is 10.00. The first-order chi connectivity index (χ1) is 6.50. The fourth-order valence-electron chi connectivity index (χ4n) is 1.85. The molecule has 0 saturated carbocycles. The molecule has 0 atom stereocenters. The van der Waals surface area contributed by atoms with Crippen LogP contribution < -0.4 is 0 Å². The molecule has 2 aromatic heterocycles. The number of rotatable bonds is 1. The van der Waals surface area contributed by atoms with Crippen molar-refractivity contribution in [3.8, 4) is 0 Å². The van der Waals surface area contributed by atoms with Crippen LogP contribution in [0.5, 0.6) is 0 Å². The van der Waals surface area contributed by atoms with E-state index >= 15 is 0 Å². The summed E-state index contributed by atoms with van der Waals surface area (Å²) in [5.74, 6) is 0. The molecule has 3 nitrogen and oxygen atoms in total. The summed E-state index contributed by atoms with van der Waals surface area (Å²) in [7, 11) is 0. The van der Waals surface area contributed by atoms with E-state index in [0.29, 0.717) is 0 Å². The van der Waals surface area contributed by atoms with Gasteiger partial charge in [-0.3, -0.25) is 0 Å². The summed E-state index contributed by atoms with van der Waals surface area (Å²) >= 11 is 0. The number of fused-ring (bicyclic) bond motifs is 1. The minimum atomic E-state index is -0.856. The van der Waals surface area contributed by atoms with E-state index in [1.54, 1.807) is 13.8 Å². The van der Waals surface area contributed by atoms with E-state index in [4.69, 9.17) is 0 Å². The van der Waals surface area contributed by atoms with Gasteiger partial charge in [-0.05, 0) is 32.9 Å². The highest BCUT2D eigenvalue weighted by atomic mass is 16.3. The van der Waals surface area contributed by atoms with Crippen LogP contribution in [0, 0.1) is 6.92 Å². The van der Waals surface area contributed by atoms with Crippen LogP contribution in [0.25, 0.3) is 5.65 Å². The number of aromatic nitrogens is 2. The van der Waals surface area contributed by atoms with E-state index in [1.807, 2.05) is 35.7 Å². The van der Waals surface area contributed by atoms with Gasteiger partial charge in [-0.2, -0.15) is 0 Å². The number of hydrogen-bond acceptors (Lipinski definition) is 2. The largest absolute Gasteiger partial charge is 0.384 e. The second-order valence-corrected chi connectivity index (χ2v) is 4.03. The van der Waals surface area contributed by atoms with Crippen LogP contribution in [0.2, 0.25) is 0 Å². The molecular formula is C11H14N2O. The standard InChI is InChI=1S/C11H14N2O/c1-8-10(11(2,3)14)13-7-5-4-6-9(13)12-8/h4-7,14H,1-3H3. The van der Waals surface area contributed by atoms with Gasteiger partial charge < -0.3 is 9.51 Å². The van der Waals surface area contributed by atoms with Gasteiger partial charge in [0.1, 0.15) is 11.2 Å². The number of hydrogen-bond donors (Lipinski definition) is 1. The molecule has 2 aromatic rings. The molecule has 3 heteroatoms. The van der Waals surface area contributed by atoms with Crippen molar-refractivity contribution in [2.75, 3.05) is 0 Å². The Morgan fingerprint density at radius 2 is 2.07 bits per heavy atom. The Kier molecular flexibility index (Phi) is 1.86. The number of imidazole rings is 1. The van der Waals surface area contributed by atoms with E-state index in [0.717, 1.165) is 17.0 Å². The third-order valence-corrected chi connectivity index (χ3v) is 2.28. The Morgan fingerprint density at radius 3 is 2.71 bits per heavy atom. The van der Waals surface area contributed by atoms with Crippen molar-refractivity contribution in [1.29, 1.82) is 0 Å². The Labute approximate surface area is 83.0 Å². The van der Waals surface area contributed by atoms with Crippen LogP contribution in [0.3, 0.4) is 0 Å². The van der Waals surface area contributed by atoms with Crippen LogP contribution in [0.15, 0.2) is 24.4 Å². The van der Waals surface area contributed by atoms with Crippen LogP contribution in [0.1, 0.15) is 25.2 Å². The lowest BCUT2D eigenvalue weighted by molar-refractivity contribution is 0.0722. The predicted octanol–water partition coefficient (Wildman–Crippen LogP) is 1.87. The molecule has 2 rings (SSSR count). The van der Waals surface area contributed by atoms with Gasteiger partial charge in [0.15, 0.2) is 0 Å². The Balaban J connectivity index is 2.81. The maximum absolute atomic E-state index is 10.00. The fourth-order valence-corrected chi connectivity index (χ4v) is 1.85. The third-order valence-electron chi connectivity index (χ3n) is 2.28. The van der Waals surface area contributed by atoms with Crippen LogP contribution in [-0.2, 0) is 5.60 Å². The molecule has 0 radical (unpaired) electrons. The van der Waals surface area contributed by atoms with Gasteiger partial charge in [0.05, 0.1) is 11.4 Å². The molecule has 0 saturated heterocycles. The van der Waals surface area contributed by atoms with E-state index in [-0.39, 0.29) is 0 Å². The van der Waals surface area contributed by atoms with Crippen LogP contribution >= 0.6 is 0 Å². The average Bonchev–Trinajstić information content (AvgIpc) is 2.38. The Morgan fingerprint density at radius 1 is 1.36 bits per heavy atom. The van der Waals surface area contributed by atoms with Crippen molar-refractivity contribution >= 4 is 5.65 Å². The predicted molar refractivity (Wildman–Crippen MR) is 55.2 cm³/mol. The number of nitrogens with zero attached hydrogens (tertiary/aromatic N) is 2. The molecule has 0 amide bonds. The van der Waals surface area contributed by atoms with E-state index in [1.165, 1.54) is 0 Å². The monoisotopic (exact) mass is 190 g/mol. The van der Waals surface area contributed by atoms with Gasteiger partial charge in [-0.15, -0.1) is 0 Å². The van der Waals surface area contributed by atoms with Crippen molar-refractivity contribution in [3.63, 3.8) is 0 Å². The van der Waals surface area contributed by atoms with Gasteiger partial charge in [0.2, 0.25) is 0 Å². The molecule has 2 heterocycles. The Hall–Kier alpha value is -1.35. The molecule has 0 aliphatic heterocycles. The molecule has 0 spiro atoms. The summed E-state index contributed by atoms with van der Waals surface area (Å²) in [6, 6.07) is 5.81. The lowest BCUT2D eigenvalue weighted by atomic mass is 10.0. The van der Waals surface area contributed by atoms with Crippen molar-refractivity contribution in [3.05, 3.63) is 35.8 Å². The molecule has 0 aromatic carbocycles. The summed E-state index contributed by atoms with van der Waals surface area (Å²) in [5.41, 5.74) is 1.75. The zero-order chi connectivity index (χ0) is 10.3. The van der Waals surface area contributed by atoms with Gasteiger partial charge >= 0.3 is 0 Å². The number of aryl methyl sites for hydroxylation is 1. The quantitative estimate of drug-likeness (QED) is 0.745. The Bertz CT molecular complexity index is 466. The minimum Gasteiger partial charge on any atom is -0.384 e. The van der Waals surface area contributed by atoms with Gasteiger partial charge in [-0.25, -0.2) is 4.98 Å². The second-order valence-electron chi connectivity index (χ2n) is 4.03. The SMILES string of the molecule is Cc1nc2ccccn2c1C(C)(C)O. The highest BCUT2D eigenvalue weighted by Crippen LogP contribution is 2.24. The van der Waals surface area contributed by atoms with E-state index in [2.05, 4.69) is 4.98 Å². The van der Waals surface area contributed by atoms with Crippen molar-refractivity contribution in [1.82, 2.24) is 9.38 Å². The minimum absolute atomic E-state index is 0.855. The molecule has 0 bridgehead atoms. The summed E-state index contributed by atoms with van der Waals surface area (Å²) in [6.45, 7) is 5.47. The molecule has 14 heavy (non-hydrogen) atoms. The zero-order valence-corrected chi connectivity index (χ0v) is 8.65. The summed E-state index contributed by atoms with van der Waals surface area (Å²) < 4.78 is 1.93. The lowest BCUT2D eigenvalue weighted by Gasteiger charge is -2.17. The fraction of sp³-hybridized carbons (Fsp3) is 0.364. The first kappa shape index (κ1) is 9.21. The lowest BCUT2D eigenvalue weighted by Crippen LogP contribution is -2.19. The smallest absolute Gasteiger partial charge is 0.137 e. The second kappa shape index (κ2) is 2.82. The van der Waals surface area contributed by atoms with Gasteiger partial charge in [-0.1, -0.05) is 6.07 Å². The average molecular weight is 190 g/mol. The molecule has 0 fully saturated rings. The number of aliphatic hydroxyl groups is 1. The van der Waals surface area contributed by atoms with Crippen molar-refractivity contribution in [2.24, 2.45) is 0 Å². The highest BCUT2D eigenvalue weighted by Gasteiger charge is 2.23. The molecule has 0 aliphatic rings. The van der Waals surface area contributed by atoms with Crippen molar-refractivity contribution in [2.45, 2.75) is 26.4 Å². The summed E-state index contributed by atoms with van der Waals surface area (Å²) in [6.07, 6.45) is 1.92. The normalized spacial score (nSPS) is 12.3. The molecule has 0 unspecified atom stereocenters. The summed E-state index contributed by atoms with van der Waals surface area (Å²) in [4.78, 5) is 4.38. The first-order valence-corrected chi connectivity index (χ1v) is 4.66. The third kappa shape index (κ3) is 1.30. The zero-order valence-electron chi connectivity index (χ0n) is 8.65. The molecular weight excluding hydrogens is 176 g/mol. The molecule has 0 aliphatic carbocycles. The van der Waals surface area contributed by atoms with Crippen LogP contribution in [-0.4, -0.2) is 14.5 Å². The molecule has 1 N–H and O–H groups in total. The van der Waals surface area contributed by atoms with Crippen LogP contribution in [0.4, 0.5) is 0 Å². The highest BCUT2D eigenvalue weighted by molar-refractivity contribution is 5.44. The maximum atomic E-state index is 10.00. The first-order valence-electron chi connectivity index (χ1n) is 4.66. The topological polar surface area (TPSA) is 37.5 Å². The van der Waals surface area contributed by atoms with E-state index < -0.39 is 5.60 Å². The van der Waals surface area contributed by atoms with Gasteiger partial charge in [0, 0.05) is 6.20 Å². The van der Waals surface area contributed by atoms with E-state index in [9.17, 15) is 5.11 Å². The maximum Gasteiger partial charge on any atom is 0.137 e.